The molecule has 0 N–H and O–H groups in total. The SMILES string of the molecule is Cc1cc(CCl)cnc1N1CCC(C(C)(C)C)CC1. The van der Waals surface area contributed by atoms with Crippen LogP contribution in [0.5, 0.6) is 0 Å². The lowest BCUT2D eigenvalue weighted by Gasteiger charge is -2.39. The highest BCUT2D eigenvalue weighted by atomic mass is 35.5. The molecule has 1 fully saturated rings. The van der Waals surface area contributed by atoms with Crippen molar-refractivity contribution in [3.63, 3.8) is 0 Å². The van der Waals surface area contributed by atoms with Gasteiger partial charge in [-0.05, 0) is 48.3 Å². The predicted octanol–water partition coefficient (Wildman–Crippen LogP) is 4.39. The van der Waals surface area contributed by atoms with Gasteiger partial charge in [-0.2, -0.15) is 0 Å². The maximum atomic E-state index is 5.85. The van der Waals surface area contributed by atoms with Crippen LogP contribution in [0.1, 0.15) is 44.7 Å². The van der Waals surface area contributed by atoms with Crippen LogP contribution in [0.3, 0.4) is 0 Å². The highest BCUT2D eigenvalue weighted by Gasteiger charge is 2.29. The van der Waals surface area contributed by atoms with Crippen LogP contribution in [-0.2, 0) is 5.88 Å². The number of piperidine rings is 1. The fourth-order valence-corrected chi connectivity index (χ4v) is 3.13. The molecule has 19 heavy (non-hydrogen) atoms. The van der Waals surface area contributed by atoms with Gasteiger partial charge in [0, 0.05) is 25.2 Å². The molecular weight excluding hydrogens is 256 g/mol. The molecule has 1 aromatic heterocycles. The van der Waals surface area contributed by atoms with Crippen molar-refractivity contribution >= 4 is 17.4 Å². The minimum absolute atomic E-state index is 0.428. The monoisotopic (exact) mass is 280 g/mol. The van der Waals surface area contributed by atoms with E-state index in [4.69, 9.17) is 11.6 Å². The Hall–Kier alpha value is -0.760. The van der Waals surface area contributed by atoms with Crippen molar-refractivity contribution in [2.45, 2.75) is 46.4 Å². The van der Waals surface area contributed by atoms with E-state index in [1.165, 1.54) is 18.4 Å². The Labute approximate surface area is 122 Å². The number of rotatable bonds is 2. The average molecular weight is 281 g/mol. The lowest BCUT2D eigenvalue weighted by Crippen LogP contribution is -2.38. The van der Waals surface area contributed by atoms with Gasteiger partial charge in [-0.15, -0.1) is 11.6 Å². The summed E-state index contributed by atoms with van der Waals surface area (Å²) in [4.78, 5) is 7.03. The van der Waals surface area contributed by atoms with Crippen molar-refractivity contribution < 1.29 is 0 Å². The van der Waals surface area contributed by atoms with Gasteiger partial charge >= 0.3 is 0 Å². The molecule has 1 saturated heterocycles. The van der Waals surface area contributed by atoms with Gasteiger partial charge < -0.3 is 4.90 Å². The van der Waals surface area contributed by atoms with Gasteiger partial charge in [0.15, 0.2) is 0 Å². The van der Waals surface area contributed by atoms with Gasteiger partial charge in [0.25, 0.3) is 0 Å². The van der Waals surface area contributed by atoms with E-state index in [1.54, 1.807) is 0 Å². The first-order valence-electron chi connectivity index (χ1n) is 7.18. The van der Waals surface area contributed by atoms with Crippen LogP contribution in [0.25, 0.3) is 0 Å². The maximum Gasteiger partial charge on any atom is 0.131 e. The number of pyridine rings is 1. The third-order valence-electron chi connectivity index (χ3n) is 4.28. The summed E-state index contributed by atoms with van der Waals surface area (Å²) in [6.45, 7) is 11.4. The summed E-state index contributed by atoms with van der Waals surface area (Å²) in [5.74, 6) is 2.51. The summed E-state index contributed by atoms with van der Waals surface area (Å²) in [7, 11) is 0. The van der Waals surface area contributed by atoms with Crippen LogP contribution in [0.15, 0.2) is 12.3 Å². The van der Waals surface area contributed by atoms with Crippen LogP contribution in [0.4, 0.5) is 5.82 Å². The average Bonchev–Trinajstić information content (AvgIpc) is 2.37. The number of nitrogens with zero attached hydrogens (tertiary/aromatic N) is 2. The molecule has 0 saturated carbocycles. The molecule has 0 spiro atoms. The van der Waals surface area contributed by atoms with E-state index in [0.29, 0.717) is 11.3 Å². The second-order valence-corrected chi connectivity index (χ2v) is 7.01. The van der Waals surface area contributed by atoms with Gasteiger partial charge in [0.05, 0.1) is 0 Å². The normalized spacial score (nSPS) is 17.8. The molecular formula is C16H25ClN2. The second kappa shape index (κ2) is 5.70. The van der Waals surface area contributed by atoms with Crippen LogP contribution >= 0.6 is 11.6 Å². The van der Waals surface area contributed by atoms with E-state index >= 15 is 0 Å². The first kappa shape index (κ1) is 14.6. The van der Waals surface area contributed by atoms with Crippen molar-refractivity contribution in [1.82, 2.24) is 4.98 Å². The van der Waals surface area contributed by atoms with Crippen LogP contribution in [-0.4, -0.2) is 18.1 Å². The van der Waals surface area contributed by atoms with Gasteiger partial charge in [-0.3, -0.25) is 0 Å². The van der Waals surface area contributed by atoms with Gasteiger partial charge in [-0.1, -0.05) is 20.8 Å². The minimum atomic E-state index is 0.428. The summed E-state index contributed by atoms with van der Waals surface area (Å²) in [5.41, 5.74) is 2.77. The van der Waals surface area contributed by atoms with Crippen LogP contribution in [0, 0.1) is 18.3 Å². The lowest BCUT2D eigenvalue weighted by molar-refractivity contribution is 0.198. The fourth-order valence-electron chi connectivity index (χ4n) is 2.99. The maximum absolute atomic E-state index is 5.85. The molecule has 1 aliphatic rings. The smallest absolute Gasteiger partial charge is 0.131 e. The number of halogens is 1. The standard InChI is InChI=1S/C16H25ClN2/c1-12-9-13(10-17)11-18-15(12)19-7-5-14(6-8-19)16(2,3)4/h9,11,14H,5-8,10H2,1-4H3. The van der Waals surface area contributed by atoms with E-state index in [1.807, 2.05) is 6.20 Å². The molecule has 2 heterocycles. The Bertz CT molecular complexity index is 429. The Morgan fingerprint density at radius 1 is 1.32 bits per heavy atom. The molecule has 106 valence electrons. The molecule has 1 aromatic rings. The lowest BCUT2D eigenvalue weighted by atomic mass is 9.75. The Kier molecular flexibility index (Phi) is 4.39. The van der Waals surface area contributed by atoms with Crippen LogP contribution in [0.2, 0.25) is 0 Å². The first-order chi connectivity index (χ1) is 8.91. The molecule has 2 rings (SSSR count). The number of aryl methyl sites for hydroxylation is 1. The van der Waals surface area contributed by atoms with Gasteiger partial charge in [0.2, 0.25) is 0 Å². The van der Waals surface area contributed by atoms with Crippen molar-refractivity contribution in [2.24, 2.45) is 11.3 Å². The van der Waals surface area contributed by atoms with Crippen molar-refractivity contribution in [3.8, 4) is 0 Å². The molecule has 3 heteroatoms. The van der Waals surface area contributed by atoms with E-state index in [-0.39, 0.29) is 0 Å². The molecule has 0 bridgehead atoms. The Morgan fingerprint density at radius 3 is 2.42 bits per heavy atom. The van der Waals surface area contributed by atoms with E-state index < -0.39 is 0 Å². The predicted molar refractivity (Wildman–Crippen MR) is 82.9 cm³/mol. The zero-order valence-electron chi connectivity index (χ0n) is 12.5. The molecule has 1 aliphatic heterocycles. The highest BCUT2D eigenvalue weighted by molar-refractivity contribution is 6.17. The Balaban J connectivity index is 2.06. The van der Waals surface area contributed by atoms with E-state index in [0.717, 1.165) is 30.4 Å². The number of aromatic nitrogens is 1. The van der Waals surface area contributed by atoms with Gasteiger partial charge in [0.1, 0.15) is 5.82 Å². The molecule has 0 aromatic carbocycles. The number of hydrogen-bond acceptors (Lipinski definition) is 2. The highest BCUT2D eigenvalue weighted by Crippen LogP contribution is 2.35. The summed E-state index contributed by atoms with van der Waals surface area (Å²) in [5, 5.41) is 0. The second-order valence-electron chi connectivity index (χ2n) is 6.75. The zero-order chi connectivity index (χ0) is 14.0. The molecule has 0 atom stereocenters. The number of anilines is 1. The molecule has 0 aliphatic carbocycles. The molecule has 0 radical (unpaired) electrons. The summed E-state index contributed by atoms with van der Waals surface area (Å²) >= 11 is 5.85. The molecule has 0 unspecified atom stereocenters. The minimum Gasteiger partial charge on any atom is -0.356 e. The number of hydrogen-bond donors (Lipinski definition) is 0. The van der Waals surface area contributed by atoms with Crippen molar-refractivity contribution in [1.29, 1.82) is 0 Å². The van der Waals surface area contributed by atoms with Crippen LogP contribution < -0.4 is 4.90 Å². The van der Waals surface area contributed by atoms with Crippen molar-refractivity contribution in [2.75, 3.05) is 18.0 Å². The summed E-state index contributed by atoms with van der Waals surface area (Å²) in [6.07, 6.45) is 4.44. The largest absolute Gasteiger partial charge is 0.356 e. The number of alkyl halides is 1. The van der Waals surface area contributed by atoms with Crippen molar-refractivity contribution in [3.05, 3.63) is 23.4 Å². The zero-order valence-corrected chi connectivity index (χ0v) is 13.3. The topological polar surface area (TPSA) is 16.1 Å². The summed E-state index contributed by atoms with van der Waals surface area (Å²) < 4.78 is 0. The molecule has 0 amide bonds. The van der Waals surface area contributed by atoms with E-state index in [9.17, 15) is 0 Å². The van der Waals surface area contributed by atoms with Gasteiger partial charge in [-0.25, -0.2) is 4.98 Å². The molecule has 2 nitrogen and oxygen atoms in total. The van der Waals surface area contributed by atoms with E-state index in [2.05, 4.69) is 43.6 Å². The fraction of sp³-hybridized carbons (Fsp3) is 0.688. The quantitative estimate of drug-likeness (QED) is 0.747. The third-order valence-corrected chi connectivity index (χ3v) is 4.59. The summed E-state index contributed by atoms with van der Waals surface area (Å²) in [6, 6.07) is 2.16. The first-order valence-corrected chi connectivity index (χ1v) is 7.71. The third kappa shape index (κ3) is 3.42. The Morgan fingerprint density at radius 2 is 1.95 bits per heavy atom.